The summed E-state index contributed by atoms with van der Waals surface area (Å²) in [5.41, 5.74) is 0.770. The Morgan fingerprint density at radius 2 is 1.97 bits per heavy atom. The largest absolute Gasteiger partial charge is 0.481 e. The third kappa shape index (κ3) is 3.92. The fourth-order valence-corrected chi connectivity index (χ4v) is 5.58. The van der Waals surface area contributed by atoms with E-state index in [0.29, 0.717) is 36.0 Å². The highest BCUT2D eigenvalue weighted by Crippen LogP contribution is 2.44. The van der Waals surface area contributed by atoms with Crippen LogP contribution in [0.3, 0.4) is 0 Å². The number of nitrogens with one attached hydrogen (secondary N) is 1. The number of nitrogens with zero attached hydrogens (tertiary/aromatic N) is 2. The number of imide groups is 1. The number of halogens is 3. The zero-order valence-corrected chi connectivity index (χ0v) is 20.2. The van der Waals surface area contributed by atoms with Gasteiger partial charge in [-0.05, 0) is 56.5 Å². The first-order chi connectivity index (χ1) is 16.0. The van der Waals surface area contributed by atoms with Gasteiger partial charge in [-0.15, -0.1) is 0 Å². The Hall–Kier alpha value is -2.39. The summed E-state index contributed by atoms with van der Waals surface area (Å²) >= 11 is 12.7. The lowest BCUT2D eigenvalue weighted by atomic mass is 10.1. The van der Waals surface area contributed by atoms with Crippen LogP contribution in [-0.4, -0.2) is 52.7 Å². The molecule has 2 heterocycles. The molecule has 0 spiro atoms. The van der Waals surface area contributed by atoms with Crippen molar-refractivity contribution in [3.05, 3.63) is 57.3 Å². The minimum Gasteiger partial charge on any atom is -0.481 e. The molecule has 0 radical (unpaired) electrons. The summed E-state index contributed by atoms with van der Waals surface area (Å²) in [5.74, 6) is -1.16. The second-order valence-electron chi connectivity index (χ2n) is 9.51. The lowest BCUT2D eigenvalue weighted by molar-refractivity contribution is -0.121. The number of urea groups is 1. The van der Waals surface area contributed by atoms with Crippen LogP contribution in [0.4, 0.5) is 14.9 Å². The van der Waals surface area contributed by atoms with Crippen LogP contribution in [-0.2, 0) is 11.2 Å². The average molecular weight is 508 g/mol. The van der Waals surface area contributed by atoms with Gasteiger partial charge < -0.3 is 15.2 Å². The standard InChI is InChI=1S/C24H24Cl2FN3O4/c1-24(2)22(32)30(23(33)28-24)13-3-4-18(27)20(9-13)34-21-16-7-12(25)8-17(26)15(16)10-19(21)29-6-5-14(31)11-29/h3-4,7-9,14,19,21,31H,5-6,10-11H2,1-2H3,(H,28,33)/t14?,19-,21-/m0/s1. The normalized spacial score (nSPS) is 26.2. The molecule has 2 aromatic rings. The van der Waals surface area contributed by atoms with Crippen molar-refractivity contribution in [1.29, 1.82) is 0 Å². The highest BCUT2D eigenvalue weighted by atomic mass is 35.5. The summed E-state index contributed by atoms with van der Waals surface area (Å²) in [6.07, 6.45) is 0.151. The maximum atomic E-state index is 14.9. The van der Waals surface area contributed by atoms with Crippen LogP contribution in [0.2, 0.25) is 10.0 Å². The lowest BCUT2D eigenvalue weighted by Gasteiger charge is -2.30. The molecule has 3 aliphatic rings. The number of hydrogen-bond donors (Lipinski definition) is 2. The summed E-state index contributed by atoms with van der Waals surface area (Å²) < 4.78 is 21.2. The number of aliphatic hydroxyl groups excluding tert-OH is 1. The van der Waals surface area contributed by atoms with Crippen LogP contribution >= 0.6 is 23.2 Å². The van der Waals surface area contributed by atoms with E-state index >= 15 is 0 Å². The maximum Gasteiger partial charge on any atom is 0.329 e. The molecule has 2 aliphatic heterocycles. The van der Waals surface area contributed by atoms with Crippen LogP contribution in [0.5, 0.6) is 5.75 Å². The number of hydrogen-bond acceptors (Lipinski definition) is 5. The molecule has 1 unspecified atom stereocenters. The number of fused-ring (bicyclic) bond motifs is 1. The third-order valence-corrected chi connectivity index (χ3v) is 7.27. The van der Waals surface area contributed by atoms with Crippen molar-refractivity contribution in [1.82, 2.24) is 10.2 Å². The fourth-order valence-electron chi connectivity index (χ4n) is 4.99. The smallest absolute Gasteiger partial charge is 0.329 e. The summed E-state index contributed by atoms with van der Waals surface area (Å²) in [6.45, 7) is 4.35. The molecule has 10 heteroatoms. The summed E-state index contributed by atoms with van der Waals surface area (Å²) in [7, 11) is 0. The first-order valence-electron chi connectivity index (χ1n) is 11.1. The number of benzene rings is 2. The molecule has 2 aromatic carbocycles. The van der Waals surface area contributed by atoms with Crippen molar-refractivity contribution in [3.63, 3.8) is 0 Å². The van der Waals surface area contributed by atoms with Crippen LogP contribution in [0.1, 0.15) is 37.5 Å². The molecule has 1 aliphatic carbocycles. The van der Waals surface area contributed by atoms with Gasteiger partial charge in [-0.2, -0.15) is 0 Å². The van der Waals surface area contributed by atoms with Gasteiger partial charge >= 0.3 is 6.03 Å². The summed E-state index contributed by atoms with van der Waals surface area (Å²) in [5, 5.41) is 13.6. The van der Waals surface area contributed by atoms with E-state index in [4.69, 9.17) is 27.9 Å². The first kappa shape index (κ1) is 23.4. The second kappa shape index (κ2) is 8.37. The molecule has 0 bridgehead atoms. The summed E-state index contributed by atoms with van der Waals surface area (Å²) in [6, 6.07) is 6.55. The van der Waals surface area contributed by atoms with E-state index in [2.05, 4.69) is 10.2 Å². The van der Waals surface area contributed by atoms with E-state index in [1.165, 1.54) is 18.2 Å². The van der Waals surface area contributed by atoms with Gasteiger partial charge in [0.05, 0.1) is 17.8 Å². The maximum absolute atomic E-state index is 14.9. The third-order valence-electron chi connectivity index (χ3n) is 6.72. The molecule has 0 saturated carbocycles. The van der Waals surface area contributed by atoms with Gasteiger partial charge in [0.2, 0.25) is 0 Å². The molecule has 0 aromatic heterocycles. The molecule has 2 saturated heterocycles. The van der Waals surface area contributed by atoms with Crippen LogP contribution in [0.25, 0.3) is 0 Å². The van der Waals surface area contributed by atoms with Crippen molar-refractivity contribution in [2.24, 2.45) is 0 Å². The second-order valence-corrected chi connectivity index (χ2v) is 10.4. The average Bonchev–Trinajstić information content (AvgIpc) is 3.39. The van der Waals surface area contributed by atoms with Crippen LogP contribution in [0, 0.1) is 5.82 Å². The highest BCUT2D eigenvalue weighted by Gasteiger charge is 2.46. The van der Waals surface area contributed by atoms with Gasteiger partial charge in [-0.1, -0.05) is 23.2 Å². The van der Waals surface area contributed by atoms with E-state index in [-0.39, 0.29) is 17.5 Å². The number of carbonyl (C=O) groups is 2. The van der Waals surface area contributed by atoms with Crippen molar-refractivity contribution in [2.45, 2.75) is 50.5 Å². The van der Waals surface area contributed by atoms with Gasteiger partial charge in [0, 0.05) is 34.8 Å². The number of carbonyl (C=O) groups excluding carboxylic acids is 2. The Morgan fingerprint density at radius 1 is 1.21 bits per heavy atom. The number of amides is 3. The molecule has 34 heavy (non-hydrogen) atoms. The molecule has 180 valence electrons. The minimum atomic E-state index is -1.06. The number of rotatable bonds is 4. The van der Waals surface area contributed by atoms with E-state index in [1.54, 1.807) is 26.0 Å². The van der Waals surface area contributed by atoms with E-state index in [9.17, 15) is 19.1 Å². The molecular formula is C24H24Cl2FN3O4. The Morgan fingerprint density at radius 3 is 2.62 bits per heavy atom. The van der Waals surface area contributed by atoms with Gasteiger partial charge in [0.15, 0.2) is 11.6 Å². The summed E-state index contributed by atoms with van der Waals surface area (Å²) in [4.78, 5) is 28.3. The molecule has 2 N–H and O–H groups in total. The zero-order valence-electron chi connectivity index (χ0n) is 18.6. The monoisotopic (exact) mass is 507 g/mol. The van der Waals surface area contributed by atoms with Crippen LogP contribution < -0.4 is 15.0 Å². The van der Waals surface area contributed by atoms with Crippen molar-refractivity contribution >= 4 is 40.8 Å². The molecule has 7 nitrogen and oxygen atoms in total. The molecular weight excluding hydrogens is 484 g/mol. The quantitative estimate of drug-likeness (QED) is 0.609. The van der Waals surface area contributed by atoms with Crippen LogP contribution in [0.15, 0.2) is 30.3 Å². The number of ether oxygens (including phenoxy) is 1. The lowest BCUT2D eigenvalue weighted by Crippen LogP contribution is -2.40. The number of aliphatic hydroxyl groups is 1. The topological polar surface area (TPSA) is 82.1 Å². The fraction of sp³-hybridized carbons (Fsp3) is 0.417. The molecule has 3 amide bonds. The molecule has 3 atom stereocenters. The Kier molecular flexibility index (Phi) is 5.75. The van der Waals surface area contributed by atoms with Gasteiger partial charge in [-0.3, -0.25) is 9.69 Å². The molecule has 5 rings (SSSR count). The Labute approximate surface area is 206 Å². The van der Waals surface area contributed by atoms with Gasteiger partial charge in [0.1, 0.15) is 11.6 Å². The number of β-amino-alcohol motifs (C(OH)–C–C–N with tert-alkyl or cyclic N) is 1. The first-order valence-corrected chi connectivity index (χ1v) is 11.8. The van der Waals surface area contributed by atoms with Crippen molar-refractivity contribution < 1.29 is 23.8 Å². The highest BCUT2D eigenvalue weighted by molar-refractivity contribution is 6.35. The van der Waals surface area contributed by atoms with E-state index in [0.717, 1.165) is 16.0 Å². The zero-order chi connectivity index (χ0) is 24.4. The number of anilines is 1. The van der Waals surface area contributed by atoms with E-state index < -0.39 is 35.5 Å². The SMILES string of the molecule is CC1(C)NC(=O)N(c2ccc(F)c(O[C@H]3c4cc(Cl)cc(Cl)c4C[C@@H]3N3CCC(O)C3)c2)C1=O. The predicted octanol–water partition coefficient (Wildman–Crippen LogP) is 4.08. The van der Waals surface area contributed by atoms with Gasteiger partial charge in [0.25, 0.3) is 5.91 Å². The van der Waals surface area contributed by atoms with Crippen molar-refractivity contribution in [2.75, 3.05) is 18.0 Å². The predicted molar refractivity (Wildman–Crippen MR) is 126 cm³/mol. The molecule has 2 fully saturated rings. The number of likely N-dealkylation sites (tertiary alicyclic amines) is 1. The van der Waals surface area contributed by atoms with Gasteiger partial charge in [-0.25, -0.2) is 14.1 Å². The Balaban J connectivity index is 1.52. The minimum absolute atomic E-state index is 0.0958. The van der Waals surface area contributed by atoms with Crippen molar-refractivity contribution in [3.8, 4) is 5.75 Å². The van der Waals surface area contributed by atoms with E-state index in [1.807, 2.05) is 0 Å². The Bertz CT molecular complexity index is 1190.